The first-order valence-corrected chi connectivity index (χ1v) is 9.62. The molecule has 5 heteroatoms. The van der Waals surface area contributed by atoms with Gasteiger partial charge in [0.25, 0.3) is 0 Å². The molecule has 3 aromatic rings. The zero-order chi connectivity index (χ0) is 20.4. The fourth-order valence-corrected chi connectivity index (χ4v) is 3.88. The van der Waals surface area contributed by atoms with Gasteiger partial charge in [0.05, 0.1) is 13.2 Å². The van der Waals surface area contributed by atoms with Crippen molar-refractivity contribution < 1.29 is 13.9 Å². The molecule has 0 spiro atoms. The first-order chi connectivity index (χ1) is 14.1. The molecule has 1 aliphatic heterocycles. The number of fused-ring (bicyclic) bond motifs is 1. The van der Waals surface area contributed by atoms with E-state index in [1.54, 1.807) is 19.2 Å². The van der Waals surface area contributed by atoms with Crippen molar-refractivity contribution in [3.05, 3.63) is 94.8 Å². The number of ether oxygens (including phenoxy) is 1. The van der Waals surface area contributed by atoms with Crippen molar-refractivity contribution in [1.29, 1.82) is 0 Å². The first kappa shape index (κ1) is 19.0. The smallest absolute Gasteiger partial charge is 0.322 e. The number of anilines is 1. The van der Waals surface area contributed by atoms with Gasteiger partial charge in [-0.15, -0.1) is 0 Å². The number of methoxy groups -OCH3 is 1. The fourth-order valence-electron chi connectivity index (χ4n) is 3.88. The fraction of sp³-hybridized carbons (Fsp3) is 0.208. The third kappa shape index (κ3) is 3.81. The minimum atomic E-state index is -0.289. The van der Waals surface area contributed by atoms with Gasteiger partial charge in [0.1, 0.15) is 11.6 Å². The lowest BCUT2D eigenvalue weighted by Gasteiger charge is -2.37. The molecule has 0 saturated heterocycles. The number of aryl methyl sites for hydroxylation is 1. The maximum Gasteiger partial charge on any atom is 0.322 e. The summed E-state index contributed by atoms with van der Waals surface area (Å²) in [5.74, 6) is 0.458. The number of rotatable bonds is 3. The largest absolute Gasteiger partial charge is 0.497 e. The molecule has 1 unspecified atom stereocenters. The van der Waals surface area contributed by atoms with E-state index in [9.17, 15) is 9.18 Å². The van der Waals surface area contributed by atoms with Crippen LogP contribution in [0.4, 0.5) is 14.9 Å². The summed E-state index contributed by atoms with van der Waals surface area (Å²) in [5.41, 5.74) is 4.85. The normalized spacial score (nSPS) is 15.6. The van der Waals surface area contributed by atoms with Crippen LogP contribution >= 0.6 is 0 Å². The molecule has 1 heterocycles. The monoisotopic (exact) mass is 390 g/mol. The molecule has 4 nitrogen and oxygen atoms in total. The van der Waals surface area contributed by atoms with Crippen LogP contribution in [0.25, 0.3) is 0 Å². The molecule has 0 fully saturated rings. The molecule has 1 atom stereocenters. The minimum Gasteiger partial charge on any atom is -0.497 e. The van der Waals surface area contributed by atoms with Crippen molar-refractivity contribution in [3.63, 3.8) is 0 Å². The number of benzene rings is 3. The van der Waals surface area contributed by atoms with Gasteiger partial charge in [0.2, 0.25) is 0 Å². The van der Waals surface area contributed by atoms with E-state index >= 15 is 0 Å². The summed E-state index contributed by atoms with van der Waals surface area (Å²) in [6.45, 7) is 2.52. The second-order valence-corrected chi connectivity index (χ2v) is 7.21. The lowest BCUT2D eigenvalue weighted by molar-refractivity contribution is 0.194. The molecular formula is C24H23FN2O2. The Bertz CT molecular complexity index is 1030. The average molecular weight is 390 g/mol. The molecule has 148 valence electrons. The van der Waals surface area contributed by atoms with Crippen molar-refractivity contribution in [1.82, 2.24) is 4.90 Å². The van der Waals surface area contributed by atoms with E-state index in [1.165, 1.54) is 17.7 Å². The van der Waals surface area contributed by atoms with Crippen molar-refractivity contribution in [3.8, 4) is 5.75 Å². The standard InChI is InChI=1S/C24H23FN2O2/c1-16-15-20(29-2)11-12-22(16)26-24(28)27-14-13-17-5-3-4-6-21(17)23(27)18-7-9-19(25)10-8-18/h3-12,15,23H,13-14H2,1-2H3,(H,26,28). The maximum absolute atomic E-state index is 13.5. The predicted octanol–water partition coefficient (Wildman–Crippen LogP) is 5.32. The average Bonchev–Trinajstić information content (AvgIpc) is 2.75. The minimum absolute atomic E-state index is 0.179. The quantitative estimate of drug-likeness (QED) is 0.657. The summed E-state index contributed by atoms with van der Waals surface area (Å²) in [6.07, 6.45) is 0.781. The number of carbonyl (C=O) groups excluding carboxylic acids is 1. The Kier molecular flexibility index (Phi) is 5.21. The zero-order valence-corrected chi connectivity index (χ0v) is 16.5. The Labute approximate surface area is 169 Å². The van der Waals surface area contributed by atoms with E-state index in [1.807, 2.05) is 48.2 Å². The van der Waals surface area contributed by atoms with Crippen molar-refractivity contribution in [2.24, 2.45) is 0 Å². The zero-order valence-electron chi connectivity index (χ0n) is 16.5. The van der Waals surface area contributed by atoms with Crippen LogP contribution in [-0.2, 0) is 6.42 Å². The predicted molar refractivity (Wildman–Crippen MR) is 112 cm³/mol. The Morgan fingerprint density at radius 1 is 1.10 bits per heavy atom. The number of nitrogens with one attached hydrogen (secondary N) is 1. The van der Waals surface area contributed by atoms with Gasteiger partial charge in [-0.3, -0.25) is 0 Å². The molecule has 29 heavy (non-hydrogen) atoms. The highest BCUT2D eigenvalue weighted by Crippen LogP contribution is 2.35. The van der Waals surface area contributed by atoms with Gasteiger partial charge in [0.15, 0.2) is 0 Å². The van der Waals surface area contributed by atoms with E-state index in [4.69, 9.17) is 4.74 Å². The van der Waals surface area contributed by atoms with Gasteiger partial charge < -0.3 is 15.0 Å². The molecule has 1 aliphatic rings. The van der Waals surface area contributed by atoms with E-state index in [2.05, 4.69) is 11.4 Å². The van der Waals surface area contributed by atoms with Crippen LogP contribution < -0.4 is 10.1 Å². The highest BCUT2D eigenvalue weighted by molar-refractivity contribution is 5.91. The lowest BCUT2D eigenvalue weighted by atomic mass is 9.88. The van der Waals surface area contributed by atoms with Crippen molar-refractivity contribution >= 4 is 11.7 Å². The number of halogens is 1. The molecule has 0 aromatic heterocycles. The van der Waals surface area contributed by atoms with E-state index in [-0.39, 0.29) is 17.9 Å². The molecular weight excluding hydrogens is 367 g/mol. The van der Waals surface area contributed by atoms with Gasteiger partial charge >= 0.3 is 6.03 Å². The topological polar surface area (TPSA) is 41.6 Å². The van der Waals surface area contributed by atoms with Gasteiger partial charge in [-0.2, -0.15) is 0 Å². The number of hydrogen-bond acceptors (Lipinski definition) is 2. The van der Waals surface area contributed by atoms with E-state index in [0.717, 1.165) is 34.5 Å². The number of amides is 2. The second kappa shape index (κ2) is 7.95. The summed E-state index contributed by atoms with van der Waals surface area (Å²) in [5, 5.41) is 3.03. The Morgan fingerprint density at radius 2 is 1.86 bits per heavy atom. The van der Waals surface area contributed by atoms with Gasteiger partial charge in [-0.25, -0.2) is 9.18 Å². The SMILES string of the molecule is COc1ccc(NC(=O)N2CCc3ccccc3C2c2ccc(F)cc2)c(C)c1. The van der Waals surface area contributed by atoms with Crippen LogP contribution in [-0.4, -0.2) is 24.6 Å². The van der Waals surface area contributed by atoms with Crippen LogP contribution in [0.5, 0.6) is 5.75 Å². The van der Waals surface area contributed by atoms with Crippen LogP contribution in [0.3, 0.4) is 0 Å². The highest BCUT2D eigenvalue weighted by Gasteiger charge is 2.32. The van der Waals surface area contributed by atoms with E-state index in [0.29, 0.717) is 6.54 Å². The molecule has 2 amide bonds. The highest BCUT2D eigenvalue weighted by atomic mass is 19.1. The van der Waals surface area contributed by atoms with Crippen LogP contribution in [0.15, 0.2) is 66.7 Å². The Hall–Kier alpha value is -3.34. The third-order valence-corrected chi connectivity index (χ3v) is 5.41. The van der Waals surface area contributed by atoms with E-state index < -0.39 is 0 Å². The lowest BCUT2D eigenvalue weighted by Crippen LogP contribution is -2.43. The summed E-state index contributed by atoms with van der Waals surface area (Å²) >= 11 is 0. The van der Waals surface area contributed by atoms with Crippen molar-refractivity contribution in [2.45, 2.75) is 19.4 Å². The van der Waals surface area contributed by atoms with Gasteiger partial charge in [-0.05, 0) is 65.9 Å². The van der Waals surface area contributed by atoms with Crippen molar-refractivity contribution in [2.75, 3.05) is 19.0 Å². The molecule has 0 saturated carbocycles. The van der Waals surface area contributed by atoms with Crippen LogP contribution in [0, 0.1) is 12.7 Å². The molecule has 3 aromatic carbocycles. The number of urea groups is 1. The summed E-state index contributed by atoms with van der Waals surface area (Å²) in [7, 11) is 1.62. The Balaban J connectivity index is 1.67. The number of hydrogen-bond donors (Lipinski definition) is 1. The first-order valence-electron chi connectivity index (χ1n) is 9.62. The van der Waals surface area contributed by atoms with Gasteiger partial charge in [0, 0.05) is 12.2 Å². The van der Waals surface area contributed by atoms with Crippen LogP contribution in [0.2, 0.25) is 0 Å². The number of nitrogens with zero attached hydrogens (tertiary/aromatic N) is 1. The van der Waals surface area contributed by atoms with Gasteiger partial charge in [-0.1, -0.05) is 36.4 Å². The molecule has 0 aliphatic carbocycles. The molecule has 1 N–H and O–H groups in total. The number of carbonyl (C=O) groups is 1. The Morgan fingerprint density at radius 3 is 2.59 bits per heavy atom. The van der Waals surface area contributed by atoms with Crippen LogP contribution in [0.1, 0.15) is 28.3 Å². The maximum atomic E-state index is 13.5. The third-order valence-electron chi connectivity index (χ3n) is 5.41. The molecule has 0 radical (unpaired) electrons. The molecule has 4 rings (SSSR count). The summed E-state index contributed by atoms with van der Waals surface area (Å²) in [4.78, 5) is 15.1. The second-order valence-electron chi connectivity index (χ2n) is 7.21. The summed E-state index contributed by atoms with van der Waals surface area (Å²) in [6, 6.07) is 19.6. The molecule has 0 bridgehead atoms. The summed E-state index contributed by atoms with van der Waals surface area (Å²) < 4.78 is 18.7.